The van der Waals surface area contributed by atoms with Crippen molar-refractivity contribution in [3.05, 3.63) is 29.8 Å². The fourth-order valence-corrected chi connectivity index (χ4v) is 2.08. The van der Waals surface area contributed by atoms with E-state index in [9.17, 15) is 9.59 Å². The van der Waals surface area contributed by atoms with E-state index in [4.69, 9.17) is 4.74 Å². The molecule has 96 valence electrons. The van der Waals surface area contributed by atoms with Gasteiger partial charge in [-0.1, -0.05) is 12.1 Å². The molecule has 1 amide bonds. The first kappa shape index (κ1) is 12.6. The minimum atomic E-state index is -0.00426. The lowest BCUT2D eigenvalue weighted by molar-refractivity contribution is -0.134. The lowest BCUT2D eigenvalue weighted by Gasteiger charge is -2.26. The molecule has 0 spiro atoms. The number of hydrogen-bond acceptors (Lipinski definition) is 3. The van der Waals surface area contributed by atoms with Crippen molar-refractivity contribution < 1.29 is 14.3 Å². The van der Waals surface area contributed by atoms with Crippen molar-refractivity contribution in [1.29, 1.82) is 0 Å². The van der Waals surface area contributed by atoms with Crippen molar-refractivity contribution in [3.63, 3.8) is 0 Å². The van der Waals surface area contributed by atoms with Gasteiger partial charge in [0.2, 0.25) is 0 Å². The smallest absolute Gasteiger partial charge is 0.260 e. The summed E-state index contributed by atoms with van der Waals surface area (Å²) in [5.41, 5.74) is 0.476. The topological polar surface area (TPSA) is 46.6 Å². The van der Waals surface area contributed by atoms with Gasteiger partial charge in [0.25, 0.3) is 5.91 Å². The van der Waals surface area contributed by atoms with E-state index >= 15 is 0 Å². The maximum Gasteiger partial charge on any atom is 0.260 e. The van der Waals surface area contributed by atoms with Gasteiger partial charge < -0.3 is 9.64 Å². The number of carbonyl (C=O) groups excluding carboxylic acids is 2. The molecule has 0 N–H and O–H groups in total. The first-order valence-electron chi connectivity index (χ1n) is 6.26. The van der Waals surface area contributed by atoms with Gasteiger partial charge in [-0.2, -0.15) is 0 Å². The zero-order valence-corrected chi connectivity index (χ0v) is 10.3. The Balaban J connectivity index is 1.90. The molecule has 4 nitrogen and oxygen atoms in total. The average molecular weight is 247 g/mol. The predicted molar refractivity (Wildman–Crippen MR) is 67.8 cm³/mol. The summed E-state index contributed by atoms with van der Waals surface area (Å²) in [5.74, 6) is 0.466. The van der Waals surface area contributed by atoms with Crippen molar-refractivity contribution in [2.45, 2.75) is 19.3 Å². The van der Waals surface area contributed by atoms with Gasteiger partial charge in [-0.05, 0) is 31.4 Å². The first-order chi connectivity index (χ1) is 8.81. The Bertz CT molecular complexity index is 425. The van der Waals surface area contributed by atoms with Crippen LogP contribution in [0.1, 0.15) is 29.6 Å². The molecule has 0 atom stereocenters. The number of carbonyl (C=O) groups is 2. The number of likely N-dealkylation sites (tertiary alicyclic amines) is 1. The highest BCUT2D eigenvalue weighted by molar-refractivity contribution is 5.80. The van der Waals surface area contributed by atoms with E-state index in [-0.39, 0.29) is 12.5 Å². The second-order valence-electron chi connectivity index (χ2n) is 4.39. The third kappa shape index (κ3) is 3.09. The fraction of sp³-hybridized carbons (Fsp3) is 0.429. The molecular formula is C14H17NO3. The second-order valence-corrected chi connectivity index (χ2v) is 4.39. The maximum atomic E-state index is 11.9. The Kier molecular flexibility index (Phi) is 4.34. The molecule has 1 aromatic carbocycles. The van der Waals surface area contributed by atoms with Crippen LogP contribution in [0, 0.1) is 0 Å². The summed E-state index contributed by atoms with van der Waals surface area (Å²) in [7, 11) is 0. The Labute approximate surface area is 107 Å². The molecule has 0 bridgehead atoms. The number of aldehydes is 1. The van der Waals surface area contributed by atoms with Crippen LogP contribution in [-0.4, -0.2) is 36.8 Å². The van der Waals surface area contributed by atoms with Crippen LogP contribution in [0.15, 0.2) is 24.3 Å². The number of amides is 1. The molecule has 0 radical (unpaired) electrons. The van der Waals surface area contributed by atoms with Gasteiger partial charge in [0.05, 0.1) is 5.56 Å². The van der Waals surface area contributed by atoms with Crippen LogP contribution in [0.5, 0.6) is 5.75 Å². The number of para-hydroxylation sites is 1. The third-order valence-electron chi connectivity index (χ3n) is 3.11. The zero-order valence-electron chi connectivity index (χ0n) is 10.3. The summed E-state index contributed by atoms with van der Waals surface area (Å²) in [5, 5.41) is 0. The SMILES string of the molecule is O=Cc1ccccc1OCC(=O)N1CCCCC1. The van der Waals surface area contributed by atoms with Crippen LogP contribution in [-0.2, 0) is 4.79 Å². The second kappa shape index (κ2) is 6.19. The van der Waals surface area contributed by atoms with E-state index < -0.39 is 0 Å². The fourth-order valence-electron chi connectivity index (χ4n) is 2.08. The van der Waals surface area contributed by atoms with E-state index in [1.165, 1.54) is 6.42 Å². The lowest BCUT2D eigenvalue weighted by atomic mass is 10.1. The molecule has 0 saturated carbocycles. The van der Waals surface area contributed by atoms with Crippen LogP contribution < -0.4 is 4.74 Å². The van der Waals surface area contributed by atoms with Gasteiger partial charge in [0.15, 0.2) is 12.9 Å². The molecule has 0 aromatic heterocycles. The third-order valence-corrected chi connectivity index (χ3v) is 3.11. The van der Waals surface area contributed by atoms with E-state index in [2.05, 4.69) is 0 Å². The summed E-state index contributed by atoms with van der Waals surface area (Å²) < 4.78 is 5.42. The molecule has 0 unspecified atom stereocenters. The van der Waals surface area contributed by atoms with Gasteiger partial charge in [-0.25, -0.2) is 0 Å². The van der Waals surface area contributed by atoms with E-state index in [0.717, 1.165) is 32.2 Å². The monoisotopic (exact) mass is 247 g/mol. The van der Waals surface area contributed by atoms with Crippen molar-refractivity contribution in [3.8, 4) is 5.75 Å². The summed E-state index contributed by atoms with van der Waals surface area (Å²) >= 11 is 0. The van der Waals surface area contributed by atoms with E-state index in [1.807, 2.05) is 4.90 Å². The Morgan fingerprint density at radius 2 is 1.94 bits per heavy atom. The lowest BCUT2D eigenvalue weighted by Crippen LogP contribution is -2.38. The largest absolute Gasteiger partial charge is 0.483 e. The zero-order chi connectivity index (χ0) is 12.8. The number of rotatable bonds is 4. The van der Waals surface area contributed by atoms with Crippen molar-refractivity contribution in [2.75, 3.05) is 19.7 Å². The van der Waals surface area contributed by atoms with Gasteiger partial charge in [0, 0.05) is 13.1 Å². The number of benzene rings is 1. The molecule has 1 saturated heterocycles. The van der Waals surface area contributed by atoms with Crippen LogP contribution in [0.3, 0.4) is 0 Å². The highest BCUT2D eigenvalue weighted by Gasteiger charge is 2.17. The minimum absolute atomic E-state index is 0.00426. The molecule has 18 heavy (non-hydrogen) atoms. The molecule has 1 aliphatic rings. The summed E-state index contributed by atoms with van der Waals surface area (Å²) in [4.78, 5) is 24.5. The van der Waals surface area contributed by atoms with Gasteiger partial charge in [-0.15, -0.1) is 0 Å². The standard InChI is InChI=1S/C14H17NO3/c16-10-12-6-2-3-7-13(12)18-11-14(17)15-8-4-1-5-9-15/h2-3,6-7,10H,1,4-5,8-9,11H2. The maximum absolute atomic E-state index is 11.9. The molecule has 1 fully saturated rings. The Hall–Kier alpha value is -1.84. The molecule has 4 heteroatoms. The predicted octanol–water partition coefficient (Wildman–Crippen LogP) is 1.89. The Morgan fingerprint density at radius 1 is 1.22 bits per heavy atom. The van der Waals surface area contributed by atoms with Gasteiger partial charge in [0.1, 0.15) is 5.75 Å². The van der Waals surface area contributed by atoms with E-state index in [0.29, 0.717) is 11.3 Å². The van der Waals surface area contributed by atoms with E-state index in [1.54, 1.807) is 24.3 Å². The summed E-state index contributed by atoms with van der Waals surface area (Å²) in [6.07, 6.45) is 4.06. The number of piperidine rings is 1. The van der Waals surface area contributed by atoms with Crippen LogP contribution in [0.4, 0.5) is 0 Å². The quantitative estimate of drug-likeness (QED) is 0.763. The van der Waals surface area contributed by atoms with Crippen molar-refractivity contribution in [1.82, 2.24) is 4.90 Å². The number of hydrogen-bond donors (Lipinski definition) is 0. The molecular weight excluding hydrogens is 230 g/mol. The normalized spacial score (nSPS) is 15.2. The van der Waals surface area contributed by atoms with Crippen molar-refractivity contribution >= 4 is 12.2 Å². The molecule has 1 heterocycles. The molecule has 2 rings (SSSR count). The van der Waals surface area contributed by atoms with Gasteiger partial charge >= 0.3 is 0 Å². The molecule has 1 aliphatic heterocycles. The van der Waals surface area contributed by atoms with Crippen molar-refractivity contribution in [2.24, 2.45) is 0 Å². The van der Waals surface area contributed by atoms with Gasteiger partial charge in [-0.3, -0.25) is 9.59 Å². The molecule has 0 aliphatic carbocycles. The first-order valence-corrected chi connectivity index (χ1v) is 6.26. The highest BCUT2D eigenvalue weighted by Crippen LogP contribution is 2.16. The summed E-state index contributed by atoms with van der Waals surface area (Å²) in [6, 6.07) is 6.93. The minimum Gasteiger partial charge on any atom is -0.483 e. The number of nitrogens with zero attached hydrogens (tertiary/aromatic N) is 1. The van der Waals surface area contributed by atoms with Crippen LogP contribution >= 0.6 is 0 Å². The molecule has 1 aromatic rings. The summed E-state index contributed by atoms with van der Waals surface area (Å²) in [6.45, 7) is 1.64. The number of ether oxygens (including phenoxy) is 1. The van der Waals surface area contributed by atoms with Crippen LogP contribution in [0.2, 0.25) is 0 Å². The van der Waals surface area contributed by atoms with Crippen LogP contribution in [0.25, 0.3) is 0 Å². The Morgan fingerprint density at radius 3 is 2.67 bits per heavy atom. The highest BCUT2D eigenvalue weighted by atomic mass is 16.5. The average Bonchev–Trinajstić information content (AvgIpc) is 2.46.